The standard InChI is InChI=1S/C15H24N2O4/c1-11-8-12(21-16-11)9-19-15(5)6-7-17(10-15)13(18)20-14(2,3)4/h8H,6-7,9-10H2,1-5H3. The Kier molecular flexibility index (Phi) is 4.27. The topological polar surface area (TPSA) is 64.8 Å². The third-order valence-corrected chi connectivity index (χ3v) is 3.33. The predicted molar refractivity (Wildman–Crippen MR) is 76.9 cm³/mol. The van der Waals surface area contributed by atoms with Crippen LogP contribution in [0, 0.1) is 6.92 Å². The van der Waals surface area contributed by atoms with Gasteiger partial charge < -0.3 is 18.9 Å². The number of carbonyl (C=O) groups is 1. The summed E-state index contributed by atoms with van der Waals surface area (Å²) in [5.74, 6) is 0.699. The second-order valence-corrected chi connectivity index (χ2v) is 6.83. The molecule has 1 aromatic rings. The summed E-state index contributed by atoms with van der Waals surface area (Å²) in [5, 5.41) is 3.83. The molecule has 2 heterocycles. The summed E-state index contributed by atoms with van der Waals surface area (Å²) in [6, 6.07) is 1.85. The van der Waals surface area contributed by atoms with Crippen molar-refractivity contribution in [3.8, 4) is 0 Å². The van der Waals surface area contributed by atoms with E-state index in [4.69, 9.17) is 14.0 Å². The molecule has 0 radical (unpaired) electrons. The van der Waals surface area contributed by atoms with Crippen molar-refractivity contribution in [2.24, 2.45) is 0 Å². The Balaban J connectivity index is 1.86. The van der Waals surface area contributed by atoms with Crippen molar-refractivity contribution in [2.45, 2.75) is 58.8 Å². The van der Waals surface area contributed by atoms with Crippen LogP contribution in [0.2, 0.25) is 0 Å². The van der Waals surface area contributed by atoms with E-state index in [1.165, 1.54) is 0 Å². The molecule has 1 aliphatic rings. The van der Waals surface area contributed by atoms with Gasteiger partial charge in [-0.25, -0.2) is 4.79 Å². The zero-order chi connectivity index (χ0) is 15.7. The molecule has 6 heteroatoms. The maximum atomic E-state index is 12.0. The maximum absolute atomic E-state index is 12.0. The third kappa shape index (κ3) is 4.46. The van der Waals surface area contributed by atoms with Crippen molar-refractivity contribution in [3.63, 3.8) is 0 Å². The number of amides is 1. The number of aromatic nitrogens is 1. The SMILES string of the molecule is Cc1cc(COC2(C)CCN(C(=O)OC(C)(C)C)C2)on1. The lowest BCUT2D eigenvalue weighted by Gasteiger charge is -2.27. The first kappa shape index (κ1) is 15.8. The van der Waals surface area contributed by atoms with Gasteiger partial charge in [-0.3, -0.25) is 0 Å². The Morgan fingerprint density at radius 1 is 1.52 bits per heavy atom. The molecule has 1 aliphatic heterocycles. The van der Waals surface area contributed by atoms with Crippen LogP contribution in [0.1, 0.15) is 45.6 Å². The Bertz CT molecular complexity index is 506. The number of aryl methyl sites for hydroxylation is 1. The Labute approximate surface area is 125 Å². The van der Waals surface area contributed by atoms with Gasteiger partial charge in [-0.15, -0.1) is 0 Å². The molecule has 0 N–H and O–H groups in total. The van der Waals surface area contributed by atoms with Gasteiger partial charge in [0.05, 0.1) is 17.8 Å². The molecule has 1 unspecified atom stereocenters. The van der Waals surface area contributed by atoms with Crippen molar-refractivity contribution in [3.05, 3.63) is 17.5 Å². The minimum atomic E-state index is -0.478. The van der Waals surface area contributed by atoms with Gasteiger partial charge in [-0.2, -0.15) is 0 Å². The summed E-state index contributed by atoms with van der Waals surface area (Å²) >= 11 is 0. The first-order chi connectivity index (χ1) is 9.67. The van der Waals surface area contributed by atoms with E-state index >= 15 is 0 Å². The van der Waals surface area contributed by atoms with E-state index in [1.54, 1.807) is 4.90 Å². The fourth-order valence-corrected chi connectivity index (χ4v) is 2.26. The number of carbonyl (C=O) groups excluding carboxylic acids is 1. The zero-order valence-corrected chi connectivity index (χ0v) is 13.4. The van der Waals surface area contributed by atoms with Crippen LogP contribution in [0.5, 0.6) is 0 Å². The highest BCUT2D eigenvalue weighted by Gasteiger charge is 2.38. The summed E-state index contributed by atoms with van der Waals surface area (Å²) in [4.78, 5) is 13.7. The second kappa shape index (κ2) is 5.67. The molecule has 0 saturated carbocycles. The first-order valence-electron chi connectivity index (χ1n) is 7.21. The highest BCUT2D eigenvalue weighted by molar-refractivity contribution is 5.68. The smallest absolute Gasteiger partial charge is 0.410 e. The van der Waals surface area contributed by atoms with Gasteiger partial charge in [0.15, 0.2) is 5.76 Å². The Morgan fingerprint density at radius 3 is 2.81 bits per heavy atom. The van der Waals surface area contributed by atoms with Crippen molar-refractivity contribution < 1.29 is 18.8 Å². The van der Waals surface area contributed by atoms with E-state index in [0.717, 1.165) is 12.1 Å². The van der Waals surface area contributed by atoms with Crippen LogP contribution >= 0.6 is 0 Å². The molecule has 0 aromatic carbocycles. The summed E-state index contributed by atoms with van der Waals surface area (Å²) in [6.07, 6.45) is 0.490. The van der Waals surface area contributed by atoms with Crippen molar-refractivity contribution in [1.82, 2.24) is 10.1 Å². The third-order valence-electron chi connectivity index (χ3n) is 3.33. The highest BCUT2D eigenvalue weighted by Crippen LogP contribution is 2.27. The number of likely N-dealkylation sites (tertiary alicyclic amines) is 1. The minimum absolute atomic E-state index is 0.287. The van der Waals surface area contributed by atoms with Crippen molar-refractivity contribution in [1.29, 1.82) is 0 Å². The van der Waals surface area contributed by atoms with E-state index in [0.29, 0.717) is 25.5 Å². The average Bonchev–Trinajstić information content (AvgIpc) is 2.92. The summed E-state index contributed by atoms with van der Waals surface area (Å²) in [6.45, 7) is 11.0. The van der Waals surface area contributed by atoms with Gasteiger partial charge in [0, 0.05) is 12.6 Å². The molecule has 118 valence electrons. The molecule has 1 fully saturated rings. The molecule has 0 aliphatic carbocycles. The van der Waals surface area contributed by atoms with E-state index in [9.17, 15) is 4.79 Å². The molecule has 0 spiro atoms. The van der Waals surface area contributed by atoms with E-state index in [2.05, 4.69) is 5.16 Å². The fourth-order valence-electron chi connectivity index (χ4n) is 2.26. The van der Waals surface area contributed by atoms with E-state index < -0.39 is 5.60 Å². The number of hydrogen-bond acceptors (Lipinski definition) is 5. The maximum Gasteiger partial charge on any atom is 0.410 e. The molecule has 1 saturated heterocycles. The van der Waals surface area contributed by atoms with Gasteiger partial charge in [-0.1, -0.05) is 5.16 Å². The van der Waals surface area contributed by atoms with Gasteiger partial charge in [-0.05, 0) is 41.0 Å². The number of ether oxygens (including phenoxy) is 2. The van der Waals surface area contributed by atoms with Crippen molar-refractivity contribution >= 4 is 6.09 Å². The molecule has 0 bridgehead atoms. The molecule has 1 aromatic heterocycles. The fraction of sp³-hybridized carbons (Fsp3) is 0.733. The van der Waals surface area contributed by atoms with Gasteiger partial charge >= 0.3 is 6.09 Å². The summed E-state index contributed by atoms with van der Waals surface area (Å²) < 4.78 is 16.4. The molecule has 1 amide bonds. The predicted octanol–water partition coefficient (Wildman–Crippen LogP) is 2.90. The van der Waals surface area contributed by atoms with Crippen LogP contribution in [0.3, 0.4) is 0 Å². The average molecular weight is 296 g/mol. The largest absolute Gasteiger partial charge is 0.444 e. The normalized spacial score (nSPS) is 22.6. The Hall–Kier alpha value is -1.56. The first-order valence-corrected chi connectivity index (χ1v) is 7.21. The van der Waals surface area contributed by atoms with Crippen LogP contribution < -0.4 is 0 Å². The van der Waals surface area contributed by atoms with E-state index in [1.807, 2.05) is 40.7 Å². The van der Waals surface area contributed by atoms with Crippen molar-refractivity contribution in [2.75, 3.05) is 13.1 Å². The lowest BCUT2D eigenvalue weighted by Crippen LogP contribution is -2.39. The molecule has 6 nitrogen and oxygen atoms in total. The van der Waals surface area contributed by atoms with Crippen LogP contribution in [-0.2, 0) is 16.1 Å². The molecular formula is C15H24N2O4. The second-order valence-electron chi connectivity index (χ2n) is 6.83. The molecule has 2 rings (SSSR count). The lowest BCUT2D eigenvalue weighted by molar-refractivity contribution is -0.0447. The van der Waals surface area contributed by atoms with Crippen LogP contribution in [0.4, 0.5) is 4.79 Å². The molecule has 1 atom stereocenters. The number of rotatable bonds is 3. The van der Waals surface area contributed by atoms with Gasteiger partial charge in [0.25, 0.3) is 0 Å². The molecule has 21 heavy (non-hydrogen) atoms. The zero-order valence-electron chi connectivity index (χ0n) is 13.4. The van der Waals surface area contributed by atoms with Gasteiger partial charge in [0.2, 0.25) is 0 Å². The number of nitrogens with zero attached hydrogens (tertiary/aromatic N) is 2. The monoisotopic (exact) mass is 296 g/mol. The Morgan fingerprint density at radius 2 is 2.24 bits per heavy atom. The lowest BCUT2D eigenvalue weighted by atomic mass is 10.1. The quantitative estimate of drug-likeness (QED) is 0.858. The van der Waals surface area contributed by atoms with Gasteiger partial charge in [0.1, 0.15) is 12.2 Å². The molecular weight excluding hydrogens is 272 g/mol. The highest BCUT2D eigenvalue weighted by atomic mass is 16.6. The van der Waals surface area contributed by atoms with Crippen LogP contribution in [-0.4, -0.2) is 40.4 Å². The minimum Gasteiger partial charge on any atom is -0.444 e. The summed E-state index contributed by atoms with van der Waals surface area (Å²) in [7, 11) is 0. The summed E-state index contributed by atoms with van der Waals surface area (Å²) in [5.41, 5.74) is -0.0214. The van der Waals surface area contributed by atoms with Crippen LogP contribution in [0.25, 0.3) is 0 Å². The van der Waals surface area contributed by atoms with E-state index in [-0.39, 0.29) is 11.7 Å². The number of hydrogen-bond donors (Lipinski definition) is 0. The van der Waals surface area contributed by atoms with Crippen LogP contribution in [0.15, 0.2) is 10.6 Å².